The van der Waals surface area contributed by atoms with Crippen LogP contribution in [0.25, 0.3) is 0 Å². The largest absolute Gasteiger partial charge is 0.361 e. The van der Waals surface area contributed by atoms with Gasteiger partial charge in [0, 0.05) is 44.6 Å². The summed E-state index contributed by atoms with van der Waals surface area (Å²) in [5.74, 6) is 2.59. The summed E-state index contributed by atoms with van der Waals surface area (Å²) in [5, 5.41) is 15.3. The molecule has 9 nitrogen and oxygen atoms in total. The number of aryl methyl sites for hydroxylation is 4. The fraction of sp³-hybridized carbons (Fsp3) is 0.700. The number of hydrogen-bond acceptors (Lipinski definition) is 5. The Morgan fingerprint density at radius 1 is 1.21 bits per heavy atom. The molecule has 3 rings (SSSR count). The molecular formula is C20H33N7O2. The maximum atomic E-state index is 12.4. The number of rotatable bonds is 9. The fourth-order valence-corrected chi connectivity index (χ4v) is 3.65. The molecule has 0 aliphatic carbocycles. The molecule has 0 amide bonds. The Bertz CT molecular complexity index is 857. The molecule has 0 unspecified atom stereocenters. The molecular weight excluding hydrogens is 370 g/mol. The quantitative estimate of drug-likeness (QED) is 0.375. The second-order valence-electron chi connectivity index (χ2n) is 7.24. The van der Waals surface area contributed by atoms with E-state index in [1.54, 1.807) is 4.68 Å². The molecule has 0 saturated carbocycles. The van der Waals surface area contributed by atoms with E-state index in [4.69, 9.17) is 9.52 Å². The molecule has 0 saturated heterocycles. The van der Waals surface area contributed by atoms with Gasteiger partial charge >= 0.3 is 5.69 Å². The van der Waals surface area contributed by atoms with Gasteiger partial charge in [0.2, 0.25) is 0 Å². The van der Waals surface area contributed by atoms with Gasteiger partial charge in [-0.1, -0.05) is 19.0 Å². The second kappa shape index (κ2) is 10.3. The molecule has 0 fully saturated rings. The summed E-state index contributed by atoms with van der Waals surface area (Å²) in [4.78, 5) is 17.1. The number of nitrogens with one attached hydrogen (secondary N) is 2. The minimum atomic E-state index is 0.0203. The minimum Gasteiger partial charge on any atom is -0.361 e. The van der Waals surface area contributed by atoms with Gasteiger partial charge in [0.1, 0.15) is 11.6 Å². The number of fused-ring (bicyclic) bond motifs is 1. The van der Waals surface area contributed by atoms with E-state index in [2.05, 4.69) is 34.7 Å². The van der Waals surface area contributed by atoms with E-state index in [-0.39, 0.29) is 5.69 Å². The number of aliphatic imine (C=N–C) groups is 1. The topological polar surface area (TPSA) is 102 Å². The van der Waals surface area contributed by atoms with Gasteiger partial charge in [-0.15, -0.1) is 0 Å². The summed E-state index contributed by atoms with van der Waals surface area (Å²) in [6.07, 6.45) is 5.53. The molecule has 0 atom stereocenters. The highest BCUT2D eigenvalue weighted by Gasteiger charge is 2.16. The molecule has 2 aromatic heterocycles. The first-order valence-electron chi connectivity index (χ1n) is 10.8. The van der Waals surface area contributed by atoms with Crippen LogP contribution in [0.1, 0.15) is 62.9 Å². The summed E-state index contributed by atoms with van der Waals surface area (Å²) < 4.78 is 8.84. The summed E-state index contributed by atoms with van der Waals surface area (Å²) in [6.45, 7) is 9.62. The summed E-state index contributed by atoms with van der Waals surface area (Å²) in [5.41, 5.74) is 2.08. The van der Waals surface area contributed by atoms with E-state index in [9.17, 15) is 4.79 Å². The van der Waals surface area contributed by atoms with Crippen molar-refractivity contribution in [1.82, 2.24) is 30.1 Å². The molecule has 0 aromatic carbocycles. The lowest BCUT2D eigenvalue weighted by molar-refractivity contribution is 0.380. The summed E-state index contributed by atoms with van der Waals surface area (Å²) >= 11 is 0. The Hall–Kier alpha value is -2.58. The molecule has 2 aromatic rings. The van der Waals surface area contributed by atoms with E-state index in [1.807, 2.05) is 11.5 Å². The van der Waals surface area contributed by atoms with Crippen LogP contribution in [-0.2, 0) is 38.9 Å². The van der Waals surface area contributed by atoms with Crippen LogP contribution < -0.4 is 16.3 Å². The van der Waals surface area contributed by atoms with Crippen molar-refractivity contribution in [1.29, 1.82) is 0 Å². The van der Waals surface area contributed by atoms with Crippen molar-refractivity contribution in [2.75, 3.05) is 13.1 Å². The monoisotopic (exact) mass is 403 g/mol. The van der Waals surface area contributed by atoms with Gasteiger partial charge in [-0.25, -0.2) is 14.5 Å². The third-order valence-electron chi connectivity index (χ3n) is 5.22. The van der Waals surface area contributed by atoms with E-state index in [1.165, 1.54) is 0 Å². The third kappa shape index (κ3) is 5.07. The van der Waals surface area contributed by atoms with Crippen LogP contribution in [0, 0.1) is 0 Å². The Labute approximate surface area is 171 Å². The van der Waals surface area contributed by atoms with Crippen molar-refractivity contribution in [3.8, 4) is 0 Å². The average Bonchev–Trinajstić information content (AvgIpc) is 3.29. The number of guanidine groups is 1. The Morgan fingerprint density at radius 2 is 2.07 bits per heavy atom. The summed E-state index contributed by atoms with van der Waals surface area (Å²) in [6, 6.07) is 0. The van der Waals surface area contributed by atoms with E-state index in [0.29, 0.717) is 19.6 Å². The van der Waals surface area contributed by atoms with Crippen LogP contribution in [0.3, 0.4) is 0 Å². The first-order chi connectivity index (χ1) is 14.2. The SMILES string of the molecule is CCNC(=NCc1c(CC)noc1CC)NCCCn1nc2n(c1=O)CCCC2. The molecule has 0 spiro atoms. The van der Waals surface area contributed by atoms with Gasteiger partial charge in [0.25, 0.3) is 0 Å². The van der Waals surface area contributed by atoms with Crippen LogP contribution in [0.15, 0.2) is 14.3 Å². The van der Waals surface area contributed by atoms with Crippen molar-refractivity contribution in [3.05, 3.63) is 33.3 Å². The first-order valence-corrected chi connectivity index (χ1v) is 10.8. The van der Waals surface area contributed by atoms with Crippen LogP contribution in [0.2, 0.25) is 0 Å². The van der Waals surface area contributed by atoms with Gasteiger partial charge in [-0.2, -0.15) is 5.10 Å². The van der Waals surface area contributed by atoms with Crippen molar-refractivity contribution in [2.45, 2.75) is 78.9 Å². The molecule has 1 aliphatic rings. The second-order valence-corrected chi connectivity index (χ2v) is 7.24. The number of nitrogens with zero attached hydrogens (tertiary/aromatic N) is 5. The Balaban J connectivity index is 1.55. The van der Waals surface area contributed by atoms with Crippen molar-refractivity contribution < 1.29 is 4.52 Å². The van der Waals surface area contributed by atoms with E-state index < -0.39 is 0 Å². The molecule has 2 N–H and O–H groups in total. The van der Waals surface area contributed by atoms with E-state index in [0.717, 1.165) is 80.4 Å². The van der Waals surface area contributed by atoms with Gasteiger partial charge in [0.15, 0.2) is 5.96 Å². The van der Waals surface area contributed by atoms with Gasteiger partial charge in [-0.3, -0.25) is 4.57 Å². The molecule has 29 heavy (non-hydrogen) atoms. The van der Waals surface area contributed by atoms with Crippen LogP contribution in [-0.4, -0.2) is 38.6 Å². The third-order valence-corrected chi connectivity index (χ3v) is 5.22. The van der Waals surface area contributed by atoms with Crippen LogP contribution >= 0.6 is 0 Å². The molecule has 1 aliphatic heterocycles. The molecule has 0 bridgehead atoms. The predicted octanol–water partition coefficient (Wildman–Crippen LogP) is 1.64. The van der Waals surface area contributed by atoms with Crippen LogP contribution in [0.5, 0.6) is 0 Å². The molecule has 160 valence electrons. The van der Waals surface area contributed by atoms with E-state index >= 15 is 0 Å². The maximum absolute atomic E-state index is 12.4. The lowest BCUT2D eigenvalue weighted by Gasteiger charge is -2.11. The van der Waals surface area contributed by atoms with Crippen molar-refractivity contribution in [2.24, 2.45) is 4.99 Å². The summed E-state index contributed by atoms with van der Waals surface area (Å²) in [7, 11) is 0. The number of aromatic nitrogens is 4. The molecule has 0 radical (unpaired) electrons. The highest BCUT2D eigenvalue weighted by Crippen LogP contribution is 2.16. The number of hydrogen-bond donors (Lipinski definition) is 2. The average molecular weight is 404 g/mol. The zero-order chi connectivity index (χ0) is 20.6. The zero-order valence-electron chi connectivity index (χ0n) is 17.8. The highest BCUT2D eigenvalue weighted by atomic mass is 16.5. The fourth-order valence-electron chi connectivity index (χ4n) is 3.65. The Morgan fingerprint density at radius 3 is 2.79 bits per heavy atom. The molecule has 9 heteroatoms. The van der Waals surface area contributed by atoms with Crippen molar-refractivity contribution in [3.63, 3.8) is 0 Å². The van der Waals surface area contributed by atoms with Gasteiger partial charge in [0.05, 0.1) is 12.2 Å². The normalized spacial score (nSPS) is 14.1. The molecule has 3 heterocycles. The van der Waals surface area contributed by atoms with Gasteiger partial charge in [-0.05, 0) is 32.6 Å². The first kappa shape index (κ1) is 21.1. The van der Waals surface area contributed by atoms with Crippen LogP contribution in [0.4, 0.5) is 0 Å². The maximum Gasteiger partial charge on any atom is 0.345 e. The minimum absolute atomic E-state index is 0.0203. The lowest BCUT2D eigenvalue weighted by atomic mass is 10.1. The van der Waals surface area contributed by atoms with Crippen molar-refractivity contribution >= 4 is 5.96 Å². The zero-order valence-corrected chi connectivity index (χ0v) is 17.8. The lowest BCUT2D eigenvalue weighted by Crippen LogP contribution is -2.38. The Kier molecular flexibility index (Phi) is 7.48. The van der Waals surface area contributed by atoms with Gasteiger partial charge < -0.3 is 15.2 Å². The highest BCUT2D eigenvalue weighted by molar-refractivity contribution is 5.79. The standard InChI is InChI=1S/C20H33N7O2/c1-4-16-15(17(5-2)29-25-16)14-23-19(21-6-3)22-11-9-13-27-20(28)26-12-8-7-10-18(26)24-27/h4-14H2,1-3H3,(H2,21,22,23). The predicted molar refractivity (Wildman–Crippen MR) is 112 cm³/mol. The smallest absolute Gasteiger partial charge is 0.345 e.